The number of unbranched alkanes of at least 4 members (excludes halogenated alkanes) is 37. The fourth-order valence-electron chi connectivity index (χ4n) is 10.6. The SMILES string of the molecule is CCCCC/C=C\C/C=C\CCCCCCCC(=O)OC[C@H](COP(=O)(O)OC[C@H](O)COP(=O)(O)OC[C@@H](COC(=O)CCCCCCC/C=C\CCCCCC)OC(=O)CCCCCCC/C=C\C=C/CCCCCC)OC(=O)CCCCCCC/C=C\CCCCCCCC. The number of carbonyl (C=O) groups excluding carboxylic acids is 4. The first-order valence-electron chi connectivity index (χ1n) is 39.2. The van der Waals surface area contributed by atoms with E-state index < -0.39 is 97.5 Å². The molecule has 0 heterocycles. The van der Waals surface area contributed by atoms with Crippen molar-refractivity contribution in [1.29, 1.82) is 0 Å². The first kappa shape index (κ1) is 94.5. The van der Waals surface area contributed by atoms with E-state index in [-0.39, 0.29) is 25.7 Å². The molecule has 5 atom stereocenters. The Labute approximate surface area is 596 Å². The average molecular weight is 1430 g/mol. The molecule has 0 saturated carbocycles. The number of rotatable bonds is 74. The number of allylic oxidation sites excluding steroid dienone is 12. The minimum Gasteiger partial charge on any atom is -0.462 e. The molecule has 0 fully saturated rings. The highest BCUT2D eigenvalue weighted by Gasteiger charge is 2.30. The zero-order chi connectivity index (χ0) is 71.8. The number of phosphoric ester groups is 2. The Bertz CT molecular complexity index is 2140. The number of hydrogen-bond donors (Lipinski definition) is 3. The summed E-state index contributed by atoms with van der Waals surface area (Å²) in [7, 11) is -9.95. The Morgan fingerprint density at radius 3 is 0.857 bits per heavy atom. The number of carbonyl (C=O) groups is 4. The molecule has 0 aromatic heterocycles. The zero-order valence-corrected chi connectivity index (χ0v) is 64.0. The first-order valence-corrected chi connectivity index (χ1v) is 42.2. The van der Waals surface area contributed by atoms with Gasteiger partial charge in [-0.05, 0) is 135 Å². The monoisotopic (exact) mass is 1420 g/mol. The van der Waals surface area contributed by atoms with Crippen LogP contribution < -0.4 is 0 Å². The lowest BCUT2D eigenvalue weighted by Gasteiger charge is -2.21. The highest BCUT2D eigenvalue weighted by atomic mass is 31.2. The van der Waals surface area contributed by atoms with Crippen molar-refractivity contribution < 1.29 is 80.2 Å². The molecule has 98 heavy (non-hydrogen) atoms. The molecule has 0 aromatic carbocycles. The van der Waals surface area contributed by atoms with Crippen LogP contribution in [0.2, 0.25) is 0 Å². The van der Waals surface area contributed by atoms with E-state index in [1.807, 2.05) is 0 Å². The van der Waals surface area contributed by atoms with Crippen LogP contribution >= 0.6 is 15.6 Å². The lowest BCUT2D eigenvalue weighted by Crippen LogP contribution is -2.30. The smallest absolute Gasteiger partial charge is 0.462 e. The Kier molecular flexibility index (Phi) is 69.3. The van der Waals surface area contributed by atoms with Crippen molar-refractivity contribution in [3.63, 3.8) is 0 Å². The second-order valence-electron chi connectivity index (χ2n) is 26.3. The normalized spacial score (nSPS) is 14.3. The third-order valence-corrected chi connectivity index (χ3v) is 18.5. The Balaban J connectivity index is 5.37. The highest BCUT2D eigenvalue weighted by Crippen LogP contribution is 2.45. The van der Waals surface area contributed by atoms with E-state index in [9.17, 15) is 43.2 Å². The molecule has 0 aliphatic rings. The minimum atomic E-state index is -4.98. The van der Waals surface area contributed by atoms with Crippen LogP contribution in [0.5, 0.6) is 0 Å². The van der Waals surface area contributed by atoms with Gasteiger partial charge in [-0.2, -0.15) is 0 Å². The van der Waals surface area contributed by atoms with Crippen LogP contribution in [0.1, 0.15) is 349 Å². The van der Waals surface area contributed by atoms with Gasteiger partial charge in [-0.15, -0.1) is 0 Å². The van der Waals surface area contributed by atoms with E-state index >= 15 is 0 Å². The summed E-state index contributed by atoms with van der Waals surface area (Å²) in [5.41, 5.74) is 0. The zero-order valence-electron chi connectivity index (χ0n) is 62.2. The third kappa shape index (κ3) is 70.9. The molecule has 0 aliphatic heterocycles. The molecule has 0 spiro atoms. The molecule has 0 bridgehead atoms. The number of esters is 4. The Morgan fingerprint density at radius 2 is 0.531 bits per heavy atom. The maximum absolute atomic E-state index is 13.1. The van der Waals surface area contributed by atoms with Crippen LogP contribution in [-0.2, 0) is 65.4 Å². The molecular weight excluding hydrogens is 1280 g/mol. The highest BCUT2D eigenvalue weighted by molar-refractivity contribution is 7.47. The first-order chi connectivity index (χ1) is 47.7. The van der Waals surface area contributed by atoms with Gasteiger partial charge in [0, 0.05) is 25.7 Å². The summed E-state index contributed by atoms with van der Waals surface area (Å²) in [5, 5.41) is 10.6. The predicted molar refractivity (Wildman–Crippen MR) is 400 cm³/mol. The van der Waals surface area contributed by atoms with Crippen molar-refractivity contribution in [3.05, 3.63) is 72.9 Å². The molecule has 0 radical (unpaired) electrons. The van der Waals surface area contributed by atoms with Gasteiger partial charge in [0.05, 0.1) is 26.4 Å². The molecule has 0 rings (SSSR count). The molecule has 0 aliphatic carbocycles. The van der Waals surface area contributed by atoms with E-state index in [0.29, 0.717) is 25.7 Å². The number of aliphatic hydroxyl groups excluding tert-OH is 1. The van der Waals surface area contributed by atoms with Gasteiger partial charge in [0.2, 0.25) is 0 Å². The van der Waals surface area contributed by atoms with Crippen molar-refractivity contribution in [1.82, 2.24) is 0 Å². The maximum atomic E-state index is 13.1. The van der Waals surface area contributed by atoms with E-state index in [2.05, 4.69) is 101 Å². The summed E-state index contributed by atoms with van der Waals surface area (Å²) in [6.45, 7) is 4.80. The van der Waals surface area contributed by atoms with Gasteiger partial charge in [-0.3, -0.25) is 37.3 Å². The van der Waals surface area contributed by atoms with Crippen molar-refractivity contribution in [3.8, 4) is 0 Å². The van der Waals surface area contributed by atoms with E-state index in [0.717, 1.165) is 161 Å². The van der Waals surface area contributed by atoms with Crippen LogP contribution in [0.15, 0.2) is 72.9 Å². The molecular formula is C79H142O17P2. The minimum absolute atomic E-state index is 0.0780. The lowest BCUT2D eigenvalue weighted by atomic mass is 10.1. The molecule has 0 aromatic rings. The molecule has 0 amide bonds. The third-order valence-electron chi connectivity index (χ3n) is 16.6. The van der Waals surface area contributed by atoms with Gasteiger partial charge in [0.25, 0.3) is 0 Å². The van der Waals surface area contributed by atoms with Crippen LogP contribution in [0.25, 0.3) is 0 Å². The van der Waals surface area contributed by atoms with Crippen molar-refractivity contribution in [2.75, 3.05) is 39.6 Å². The van der Waals surface area contributed by atoms with Gasteiger partial charge in [-0.25, -0.2) is 9.13 Å². The topological polar surface area (TPSA) is 237 Å². The average Bonchev–Trinajstić information content (AvgIpc) is 1.04. The van der Waals surface area contributed by atoms with Crippen LogP contribution in [-0.4, -0.2) is 96.7 Å². The lowest BCUT2D eigenvalue weighted by molar-refractivity contribution is -0.161. The van der Waals surface area contributed by atoms with Crippen molar-refractivity contribution >= 4 is 39.5 Å². The predicted octanol–water partition coefficient (Wildman–Crippen LogP) is 22.4. The van der Waals surface area contributed by atoms with Crippen LogP contribution in [0, 0.1) is 0 Å². The van der Waals surface area contributed by atoms with E-state index in [1.165, 1.54) is 109 Å². The molecule has 2 unspecified atom stereocenters. The fraction of sp³-hybridized carbons (Fsp3) is 0.797. The summed E-state index contributed by atoms with van der Waals surface area (Å²) in [5.74, 6) is -2.20. The van der Waals surface area contributed by atoms with Gasteiger partial charge in [0.15, 0.2) is 12.2 Å². The summed E-state index contributed by atoms with van der Waals surface area (Å²) in [6.07, 6.45) is 71.6. The molecule has 570 valence electrons. The van der Waals surface area contributed by atoms with Crippen LogP contribution in [0.4, 0.5) is 0 Å². The van der Waals surface area contributed by atoms with Gasteiger partial charge in [-0.1, -0.05) is 261 Å². The number of hydrogen-bond acceptors (Lipinski definition) is 15. The van der Waals surface area contributed by atoms with Gasteiger partial charge >= 0.3 is 39.5 Å². The largest absolute Gasteiger partial charge is 0.472 e. The summed E-state index contributed by atoms with van der Waals surface area (Å²) < 4.78 is 68.5. The number of aliphatic hydroxyl groups is 1. The Hall–Kier alpha value is -3.50. The summed E-state index contributed by atoms with van der Waals surface area (Å²) in [4.78, 5) is 72.9. The Morgan fingerprint density at radius 1 is 0.296 bits per heavy atom. The van der Waals surface area contributed by atoms with Gasteiger partial charge in [0.1, 0.15) is 19.3 Å². The van der Waals surface area contributed by atoms with E-state index in [4.69, 9.17) is 37.0 Å². The fourth-order valence-corrected chi connectivity index (χ4v) is 12.2. The summed E-state index contributed by atoms with van der Waals surface area (Å²) >= 11 is 0. The second-order valence-corrected chi connectivity index (χ2v) is 29.2. The summed E-state index contributed by atoms with van der Waals surface area (Å²) in [6, 6.07) is 0. The van der Waals surface area contributed by atoms with Gasteiger partial charge < -0.3 is 33.8 Å². The standard InChI is InChI=1S/C79H142O17P2/c1-5-9-13-17-21-25-29-33-36-40-44-48-52-56-60-64-77(82)90-70-75(96-79(84)66-62-58-54-50-46-42-38-35-31-27-23-19-15-11-7-3)72-94-98(87,88)92-68-73(80)67-91-97(85,86)93-71-74(69-89-76(81)63-59-55-51-47-43-39-32-28-24-20-16-12-8-4)95-78(83)65-61-57-53-49-45-41-37-34-30-26-22-18-14-10-6-2/h21,25-26,28,30,32-38,73-75,80H,5-20,22-24,27,29,31,39-72H2,1-4H3,(H,85,86)(H,87,88)/b25-21-,30-26-,32-28-,36-33-,37-34-,38-35-/t73-,74-,75-/m1/s1. The number of phosphoric acid groups is 2. The van der Waals surface area contributed by atoms with Crippen molar-refractivity contribution in [2.45, 2.75) is 367 Å². The molecule has 19 heteroatoms. The van der Waals surface area contributed by atoms with Crippen molar-refractivity contribution in [2.24, 2.45) is 0 Å². The molecule has 17 nitrogen and oxygen atoms in total. The second kappa shape index (κ2) is 71.9. The van der Waals surface area contributed by atoms with Crippen LogP contribution in [0.3, 0.4) is 0 Å². The number of ether oxygens (including phenoxy) is 4. The molecule has 0 saturated heterocycles. The maximum Gasteiger partial charge on any atom is 0.472 e. The quantitative estimate of drug-likeness (QED) is 0.0128. The molecule has 3 N–H and O–H groups in total. The van der Waals surface area contributed by atoms with E-state index in [1.54, 1.807) is 0 Å².